The summed E-state index contributed by atoms with van der Waals surface area (Å²) < 4.78 is 19.5. The van der Waals surface area contributed by atoms with E-state index in [0.29, 0.717) is 11.4 Å². The maximum absolute atomic E-state index is 13.8. The van der Waals surface area contributed by atoms with Gasteiger partial charge in [0.05, 0.1) is 0 Å². The van der Waals surface area contributed by atoms with E-state index in [4.69, 9.17) is 4.74 Å². The van der Waals surface area contributed by atoms with Gasteiger partial charge in [-0.1, -0.05) is 32.9 Å². The molecule has 6 heteroatoms. The smallest absolute Gasteiger partial charge is 0.321 e. The van der Waals surface area contributed by atoms with Crippen molar-refractivity contribution in [2.24, 2.45) is 0 Å². The minimum Gasteiger partial charge on any atom is -0.424 e. The van der Waals surface area contributed by atoms with E-state index < -0.39 is 5.95 Å². The second kappa shape index (κ2) is 6.46. The molecule has 0 unspecified atom stereocenters. The normalized spacial score (nSPS) is 11.7. The number of rotatable bonds is 3. The van der Waals surface area contributed by atoms with E-state index in [2.05, 4.69) is 40.7 Å². The van der Waals surface area contributed by atoms with Crippen molar-refractivity contribution in [1.82, 2.24) is 19.9 Å². The van der Waals surface area contributed by atoms with Gasteiger partial charge in [0.15, 0.2) is 5.95 Å². The molecule has 0 fully saturated rings. The fourth-order valence-corrected chi connectivity index (χ4v) is 3.24. The largest absolute Gasteiger partial charge is 0.424 e. The van der Waals surface area contributed by atoms with Crippen LogP contribution in [-0.4, -0.2) is 19.9 Å². The summed E-state index contributed by atoms with van der Waals surface area (Å²) in [5.41, 5.74) is 3.25. The van der Waals surface area contributed by atoms with E-state index in [0.717, 1.165) is 22.1 Å². The Morgan fingerprint density at radius 2 is 1.78 bits per heavy atom. The van der Waals surface area contributed by atoms with Gasteiger partial charge in [0.25, 0.3) is 0 Å². The second-order valence-electron chi connectivity index (χ2n) is 7.34. The van der Waals surface area contributed by atoms with E-state index in [9.17, 15) is 4.39 Å². The van der Waals surface area contributed by atoms with Gasteiger partial charge < -0.3 is 9.72 Å². The molecule has 0 saturated heterocycles. The van der Waals surface area contributed by atoms with Crippen LogP contribution in [0, 0.1) is 5.95 Å². The van der Waals surface area contributed by atoms with Gasteiger partial charge in [-0.15, -0.1) is 0 Å². The van der Waals surface area contributed by atoms with Gasteiger partial charge in [0.2, 0.25) is 0 Å². The van der Waals surface area contributed by atoms with Crippen LogP contribution in [0.3, 0.4) is 0 Å². The number of halogens is 1. The molecule has 1 N–H and O–H groups in total. The highest BCUT2D eigenvalue weighted by Gasteiger charge is 2.24. The molecule has 0 radical (unpaired) electrons. The molecule has 0 amide bonds. The molecule has 27 heavy (non-hydrogen) atoms. The van der Waals surface area contributed by atoms with E-state index in [1.54, 1.807) is 24.7 Å². The van der Waals surface area contributed by atoms with Crippen LogP contribution in [0.5, 0.6) is 11.8 Å². The average Bonchev–Trinajstić information content (AvgIpc) is 3.01. The van der Waals surface area contributed by atoms with Crippen molar-refractivity contribution >= 4 is 11.0 Å². The molecule has 0 spiro atoms. The standard InChI is InChI=1S/C21H19FN4O/c1-21(2,3)18-15-11-17(22)26-19(15)25-12-16(18)13-6-4-7-14(10-13)27-20-23-8-5-9-24-20/h4-12H,1-3H3,(H,25,26). The van der Waals surface area contributed by atoms with Gasteiger partial charge in [-0.25, -0.2) is 15.0 Å². The lowest BCUT2D eigenvalue weighted by Crippen LogP contribution is -2.13. The summed E-state index contributed by atoms with van der Waals surface area (Å²) in [6.07, 6.45) is 5.03. The molecule has 0 aliphatic carbocycles. The zero-order valence-electron chi connectivity index (χ0n) is 15.3. The zero-order valence-corrected chi connectivity index (χ0v) is 15.3. The summed E-state index contributed by atoms with van der Waals surface area (Å²) >= 11 is 0. The topological polar surface area (TPSA) is 63.7 Å². The highest BCUT2D eigenvalue weighted by molar-refractivity contribution is 5.88. The number of hydrogen-bond acceptors (Lipinski definition) is 4. The van der Waals surface area contributed by atoms with Crippen LogP contribution in [0.25, 0.3) is 22.2 Å². The first-order chi connectivity index (χ1) is 12.9. The molecule has 3 heterocycles. The number of nitrogens with one attached hydrogen (secondary N) is 1. The first-order valence-electron chi connectivity index (χ1n) is 8.65. The van der Waals surface area contributed by atoms with Crippen molar-refractivity contribution in [3.63, 3.8) is 0 Å². The summed E-state index contributed by atoms with van der Waals surface area (Å²) in [6, 6.07) is 11.2. The third-order valence-corrected chi connectivity index (χ3v) is 4.27. The molecule has 0 atom stereocenters. The van der Waals surface area contributed by atoms with Crippen molar-refractivity contribution in [3.8, 4) is 22.9 Å². The number of nitrogens with zero attached hydrogens (tertiary/aromatic N) is 3. The van der Waals surface area contributed by atoms with Crippen molar-refractivity contribution < 1.29 is 9.13 Å². The van der Waals surface area contributed by atoms with Crippen LogP contribution in [0.15, 0.2) is 55.0 Å². The summed E-state index contributed by atoms with van der Waals surface area (Å²) in [5.74, 6) is 0.234. The number of aromatic amines is 1. The Labute approximate surface area is 156 Å². The van der Waals surface area contributed by atoms with E-state index in [1.165, 1.54) is 6.07 Å². The van der Waals surface area contributed by atoms with Crippen LogP contribution in [0.1, 0.15) is 26.3 Å². The quantitative estimate of drug-likeness (QED) is 0.541. The van der Waals surface area contributed by atoms with Gasteiger partial charge in [0, 0.05) is 35.6 Å². The monoisotopic (exact) mass is 362 g/mol. The van der Waals surface area contributed by atoms with Gasteiger partial charge in [-0.05, 0) is 34.7 Å². The van der Waals surface area contributed by atoms with E-state index in [1.807, 2.05) is 24.3 Å². The number of hydrogen-bond donors (Lipinski definition) is 1. The Morgan fingerprint density at radius 1 is 1.00 bits per heavy atom. The maximum Gasteiger partial charge on any atom is 0.321 e. The number of benzene rings is 1. The molecule has 5 nitrogen and oxygen atoms in total. The molecule has 0 aliphatic heterocycles. The second-order valence-corrected chi connectivity index (χ2v) is 7.34. The number of fused-ring (bicyclic) bond motifs is 1. The Kier molecular flexibility index (Phi) is 4.11. The van der Waals surface area contributed by atoms with Crippen molar-refractivity contribution in [2.75, 3.05) is 0 Å². The first kappa shape index (κ1) is 17.1. The van der Waals surface area contributed by atoms with Gasteiger partial charge in [-0.3, -0.25) is 0 Å². The molecule has 0 aliphatic rings. The molecular formula is C21H19FN4O. The van der Waals surface area contributed by atoms with Crippen molar-refractivity contribution in [3.05, 3.63) is 66.5 Å². The Hall–Kier alpha value is -3.28. The van der Waals surface area contributed by atoms with Crippen LogP contribution in [0.2, 0.25) is 0 Å². The molecular weight excluding hydrogens is 343 g/mol. The van der Waals surface area contributed by atoms with Gasteiger partial charge in [-0.2, -0.15) is 4.39 Å². The molecule has 4 aromatic rings. The molecule has 3 aromatic heterocycles. The van der Waals surface area contributed by atoms with Crippen LogP contribution in [-0.2, 0) is 5.41 Å². The zero-order chi connectivity index (χ0) is 19.0. The summed E-state index contributed by atoms with van der Waals surface area (Å²) in [4.78, 5) is 15.3. The highest BCUT2D eigenvalue weighted by Crippen LogP contribution is 2.38. The van der Waals surface area contributed by atoms with E-state index >= 15 is 0 Å². The van der Waals surface area contributed by atoms with Crippen molar-refractivity contribution in [2.45, 2.75) is 26.2 Å². The number of pyridine rings is 1. The predicted octanol–water partition coefficient (Wildman–Crippen LogP) is 5.25. The summed E-state index contributed by atoms with van der Waals surface area (Å²) in [7, 11) is 0. The molecule has 0 bridgehead atoms. The number of H-pyrrole nitrogens is 1. The predicted molar refractivity (Wildman–Crippen MR) is 102 cm³/mol. The SMILES string of the molecule is CC(C)(C)c1c(-c2cccc(Oc3ncccn3)c2)cnc2[nH]c(F)cc12. The lowest BCUT2D eigenvalue weighted by Gasteiger charge is -2.24. The number of aromatic nitrogens is 4. The minimum atomic E-state index is -0.390. The third kappa shape index (κ3) is 3.38. The average molecular weight is 362 g/mol. The first-order valence-corrected chi connectivity index (χ1v) is 8.65. The molecule has 4 rings (SSSR count). The molecule has 136 valence electrons. The molecule has 0 saturated carbocycles. The summed E-state index contributed by atoms with van der Waals surface area (Å²) in [6.45, 7) is 6.32. The minimum absolute atomic E-state index is 0.204. The van der Waals surface area contributed by atoms with Crippen molar-refractivity contribution in [1.29, 1.82) is 0 Å². The Bertz CT molecular complexity index is 1100. The van der Waals surface area contributed by atoms with Crippen LogP contribution >= 0.6 is 0 Å². The fourth-order valence-electron chi connectivity index (χ4n) is 3.24. The van der Waals surface area contributed by atoms with E-state index in [-0.39, 0.29) is 11.4 Å². The highest BCUT2D eigenvalue weighted by atomic mass is 19.1. The Balaban J connectivity index is 1.84. The lowest BCUT2D eigenvalue weighted by molar-refractivity contribution is 0.442. The van der Waals surface area contributed by atoms with Gasteiger partial charge >= 0.3 is 6.01 Å². The summed E-state index contributed by atoms with van der Waals surface area (Å²) in [5, 5.41) is 0.787. The lowest BCUT2D eigenvalue weighted by atomic mass is 9.81. The van der Waals surface area contributed by atoms with Crippen LogP contribution < -0.4 is 4.74 Å². The molecule has 1 aromatic carbocycles. The maximum atomic E-state index is 13.8. The Morgan fingerprint density at radius 3 is 2.52 bits per heavy atom. The van der Waals surface area contributed by atoms with Crippen LogP contribution in [0.4, 0.5) is 4.39 Å². The van der Waals surface area contributed by atoms with Gasteiger partial charge in [0.1, 0.15) is 11.4 Å². The fraction of sp³-hybridized carbons (Fsp3) is 0.190. The third-order valence-electron chi connectivity index (χ3n) is 4.27. The number of ether oxygens (including phenoxy) is 1.